The van der Waals surface area contributed by atoms with E-state index in [0.717, 1.165) is 36.4 Å². The quantitative estimate of drug-likeness (QED) is 0.873. The highest BCUT2D eigenvalue weighted by atomic mass is 16.5. The minimum Gasteiger partial charge on any atom is -0.461 e. The Morgan fingerprint density at radius 2 is 2.20 bits per heavy atom. The number of benzene rings is 1. The van der Waals surface area contributed by atoms with Crippen LogP contribution < -0.4 is 10.6 Å². The van der Waals surface area contributed by atoms with Crippen LogP contribution in [-0.2, 0) is 11.2 Å². The zero-order valence-corrected chi connectivity index (χ0v) is 14.4. The second kappa shape index (κ2) is 7.45. The predicted molar refractivity (Wildman–Crippen MR) is 95.7 cm³/mol. The van der Waals surface area contributed by atoms with Crippen molar-refractivity contribution in [1.82, 2.24) is 15.5 Å². The van der Waals surface area contributed by atoms with Gasteiger partial charge in [-0.1, -0.05) is 18.2 Å². The third-order valence-corrected chi connectivity index (χ3v) is 5.09. The van der Waals surface area contributed by atoms with Crippen LogP contribution in [0.2, 0.25) is 0 Å². The smallest absolute Gasteiger partial charge is 0.314 e. The summed E-state index contributed by atoms with van der Waals surface area (Å²) in [5, 5.41) is 6.89. The maximum atomic E-state index is 12.0. The summed E-state index contributed by atoms with van der Waals surface area (Å²) in [5.74, 6) is 0.886. The number of ether oxygens (including phenoxy) is 1. The number of urea groups is 1. The van der Waals surface area contributed by atoms with Gasteiger partial charge in [0, 0.05) is 37.5 Å². The van der Waals surface area contributed by atoms with Crippen molar-refractivity contribution in [2.45, 2.75) is 31.4 Å². The molecule has 4 rings (SSSR count). The molecule has 2 amide bonds. The molecule has 1 aromatic heterocycles. The number of amides is 2. The first-order chi connectivity index (χ1) is 12.3. The Morgan fingerprint density at radius 3 is 3.12 bits per heavy atom. The summed E-state index contributed by atoms with van der Waals surface area (Å²) >= 11 is 0. The third kappa shape index (κ3) is 3.96. The maximum Gasteiger partial charge on any atom is 0.314 e. The number of hydrogen-bond donors (Lipinski definition) is 2. The molecule has 2 aliphatic heterocycles. The number of carbonyl (C=O) groups excluding carboxylic acids is 1. The van der Waals surface area contributed by atoms with Crippen LogP contribution in [0.25, 0.3) is 11.0 Å². The Balaban J connectivity index is 1.17. The van der Waals surface area contributed by atoms with Gasteiger partial charge >= 0.3 is 6.03 Å². The van der Waals surface area contributed by atoms with Gasteiger partial charge in [0.05, 0.1) is 12.7 Å². The molecule has 0 spiro atoms. The number of hydrogen-bond acceptors (Lipinski definition) is 4. The summed E-state index contributed by atoms with van der Waals surface area (Å²) < 4.78 is 11.6. The van der Waals surface area contributed by atoms with E-state index in [1.165, 1.54) is 12.8 Å². The van der Waals surface area contributed by atoms with E-state index in [4.69, 9.17) is 9.15 Å². The number of nitrogens with zero attached hydrogens (tertiary/aromatic N) is 1. The molecule has 134 valence electrons. The van der Waals surface area contributed by atoms with Crippen LogP contribution in [0.5, 0.6) is 0 Å². The zero-order valence-electron chi connectivity index (χ0n) is 14.4. The molecule has 6 nitrogen and oxygen atoms in total. The fourth-order valence-corrected chi connectivity index (χ4v) is 3.74. The number of para-hydroxylation sites is 1. The first-order valence-corrected chi connectivity index (χ1v) is 9.13. The van der Waals surface area contributed by atoms with Crippen molar-refractivity contribution in [2.24, 2.45) is 0 Å². The summed E-state index contributed by atoms with van der Waals surface area (Å²) in [6.07, 6.45) is 3.27. The van der Waals surface area contributed by atoms with Crippen molar-refractivity contribution in [3.63, 3.8) is 0 Å². The van der Waals surface area contributed by atoms with Crippen LogP contribution in [0.15, 0.2) is 34.7 Å². The second-order valence-electron chi connectivity index (χ2n) is 6.88. The van der Waals surface area contributed by atoms with Gasteiger partial charge in [-0.15, -0.1) is 0 Å². The Morgan fingerprint density at radius 1 is 1.28 bits per heavy atom. The summed E-state index contributed by atoms with van der Waals surface area (Å²) in [6.45, 7) is 3.98. The Bertz CT molecular complexity index is 697. The number of nitrogens with one attached hydrogen (secondary N) is 2. The van der Waals surface area contributed by atoms with Crippen LogP contribution in [0, 0.1) is 0 Å². The van der Waals surface area contributed by atoms with E-state index in [0.29, 0.717) is 25.6 Å². The molecule has 3 heterocycles. The van der Waals surface area contributed by atoms with Crippen molar-refractivity contribution >= 4 is 17.0 Å². The predicted octanol–water partition coefficient (Wildman–Crippen LogP) is 2.14. The molecule has 25 heavy (non-hydrogen) atoms. The zero-order chi connectivity index (χ0) is 17.1. The van der Waals surface area contributed by atoms with Gasteiger partial charge in [0.25, 0.3) is 0 Å². The van der Waals surface area contributed by atoms with Crippen LogP contribution >= 0.6 is 0 Å². The van der Waals surface area contributed by atoms with E-state index in [1.54, 1.807) is 0 Å². The van der Waals surface area contributed by atoms with E-state index < -0.39 is 0 Å². The summed E-state index contributed by atoms with van der Waals surface area (Å²) in [4.78, 5) is 14.4. The van der Waals surface area contributed by atoms with Crippen molar-refractivity contribution < 1.29 is 13.9 Å². The largest absolute Gasteiger partial charge is 0.461 e. The maximum absolute atomic E-state index is 12.0. The lowest BCUT2D eigenvalue weighted by Gasteiger charge is -2.35. The SMILES string of the molecule is O=C(NCCc1cc2ccccc2o1)NC[C@@H]1CN2CCC[C@H]2CO1. The van der Waals surface area contributed by atoms with Gasteiger partial charge < -0.3 is 19.8 Å². The molecule has 0 bridgehead atoms. The first kappa shape index (κ1) is 16.4. The van der Waals surface area contributed by atoms with Crippen molar-refractivity contribution in [3.8, 4) is 0 Å². The standard InChI is InChI=1S/C19H25N3O3/c23-19(21-11-17-12-22-9-3-5-15(22)13-24-17)20-8-7-16-10-14-4-1-2-6-18(14)25-16/h1-2,4,6,10,15,17H,3,5,7-9,11-13H2,(H2,20,21,23)/t15-,17+/m0/s1. The number of furan rings is 1. The van der Waals surface area contributed by atoms with Gasteiger partial charge in [0.1, 0.15) is 11.3 Å². The van der Waals surface area contributed by atoms with Gasteiger partial charge in [0.2, 0.25) is 0 Å². The molecule has 2 saturated heterocycles. The Hall–Kier alpha value is -2.05. The van der Waals surface area contributed by atoms with E-state index in [-0.39, 0.29) is 12.1 Å². The Labute approximate surface area is 147 Å². The fraction of sp³-hybridized carbons (Fsp3) is 0.526. The average Bonchev–Trinajstić information content (AvgIpc) is 3.25. The van der Waals surface area contributed by atoms with Gasteiger partial charge in [0.15, 0.2) is 0 Å². The summed E-state index contributed by atoms with van der Waals surface area (Å²) in [6, 6.07) is 10.4. The van der Waals surface area contributed by atoms with E-state index >= 15 is 0 Å². The highest BCUT2D eigenvalue weighted by molar-refractivity contribution is 5.77. The third-order valence-electron chi connectivity index (χ3n) is 5.09. The monoisotopic (exact) mass is 343 g/mol. The normalized spacial score (nSPS) is 23.5. The Kier molecular flexibility index (Phi) is 4.90. The molecule has 2 fully saturated rings. The highest BCUT2D eigenvalue weighted by Crippen LogP contribution is 2.22. The van der Waals surface area contributed by atoms with E-state index in [9.17, 15) is 4.79 Å². The lowest BCUT2D eigenvalue weighted by molar-refractivity contribution is -0.0457. The second-order valence-corrected chi connectivity index (χ2v) is 6.88. The van der Waals surface area contributed by atoms with Crippen LogP contribution in [0.1, 0.15) is 18.6 Å². The molecule has 2 aliphatic rings. The molecule has 2 atom stereocenters. The van der Waals surface area contributed by atoms with Crippen LogP contribution in [0.3, 0.4) is 0 Å². The number of fused-ring (bicyclic) bond motifs is 2. The van der Waals surface area contributed by atoms with Gasteiger partial charge in [-0.05, 0) is 31.5 Å². The minimum absolute atomic E-state index is 0.0930. The minimum atomic E-state index is -0.150. The molecule has 2 N–H and O–H groups in total. The molecule has 0 unspecified atom stereocenters. The lowest BCUT2D eigenvalue weighted by atomic mass is 10.2. The lowest BCUT2D eigenvalue weighted by Crippen LogP contribution is -2.51. The van der Waals surface area contributed by atoms with E-state index in [2.05, 4.69) is 15.5 Å². The molecule has 0 radical (unpaired) electrons. The number of rotatable bonds is 5. The molecule has 0 aliphatic carbocycles. The molecule has 6 heteroatoms. The van der Waals surface area contributed by atoms with E-state index in [1.807, 2.05) is 30.3 Å². The topological polar surface area (TPSA) is 66.7 Å². The number of morpholine rings is 1. The summed E-state index contributed by atoms with van der Waals surface area (Å²) in [5.41, 5.74) is 0.886. The molecular formula is C19H25N3O3. The van der Waals surface area contributed by atoms with Crippen molar-refractivity contribution in [2.75, 3.05) is 32.8 Å². The molecule has 1 aromatic carbocycles. The highest BCUT2D eigenvalue weighted by Gasteiger charge is 2.32. The van der Waals surface area contributed by atoms with Gasteiger partial charge in [-0.25, -0.2) is 4.79 Å². The van der Waals surface area contributed by atoms with Gasteiger partial charge in [-0.2, -0.15) is 0 Å². The molecule has 2 aromatic rings. The number of carbonyl (C=O) groups is 1. The fourth-order valence-electron chi connectivity index (χ4n) is 3.74. The van der Waals surface area contributed by atoms with Crippen molar-refractivity contribution in [3.05, 3.63) is 36.1 Å². The summed E-state index contributed by atoms with van der Waals surface area (Å²) in [7, 11) is 0. The molecular weight excluding hydrogens is 318 g/mol. The van der Waals surface area contributed by atoms with Crippen LogP contribution in [0.4, 0.5) is 4.79 Å². The van der Waals surface area contributed by atoms with Crippen molar-refractivity contribution in [1.29, 1.82) is 0 Å². The molecule has 0 saturated carbocycles. The first-order valence-electron chi connectivity index (χ1n) is 9.13. The van der Waals surface area contributed by atoms with Gasteiger partial charge in [-0.3, -0.25) is 4.90 Å². The van der Waals surface area contributed by atoms with Crippen LogP contribution in [-0.4, -0.2) is 55.9 Å². The average molecular weight is 343 g/mol.